The fourth-order valence-electron chi connectivity index (χ4n) is 3.44. The molecule has 0 aromatic carbocycles. The average molecular weight is 303 g/mol. The van der Waals surface area contributed by atoms with Crippen molar-refractivity contribution in [2.24, 2.45) is 23.5 Å². The summed E-state index contributed by atoms with van der Waals surface area (Å²) in [6.45, 7) is 4.61. The van der Waals surface area contributed by atoms with Crippen LogP contribution in [0.4, 0.5) is 0 Å². The van der Waals surface area contributed by atoms with Crippen molar-refractivity contribution in [3.8, 4) is 0 Å². The van der Waals surface area contributed by atoms with Gasteiger partial charge in [-0.1, -0.05) is 26.2 Å². The van der Waals surface area contributed by atoms with Gasteiger partial charge in [0.2, 0.25) is 0 Å². The number of nitrogens with zero attached hydrogens (tertiary/aromatic N) is 1. The summed E-state index contributed by atoms with van der Waals surface area (Å²) >= 11 is 0. The van der Waals surface area contributed by atoms with Gasteiger partial charge in [0.05, 0.1) is 0 Å². The maximum absolute atomic E-state index is 12.4. The third kappa shape index (κ3) is 4.16. The van der Waals surface area contributed by atoms with E-state index >= 15 is 0 Å². The van der Waals surface area contributed by atoms with E-state index in [2.05, 4.69) is 11.6 Å². The quantitative estimate of drug-likeness (QED) is 0.804. The number of piperidine rings is 1. The second-order valence-electron chi connectivity index (χ2n) is 6.48. The van der Waals surface area contributed by atoms with Crippen molar-refractivity contribution in [3.05, 3.63) is 0 Å². The van der Waals surface area contributed by atoms with Crippen molar-refractivity contribution in [1.29, 1.82) is 0 Å². The monoisotopic (exact) mass is 303 g/mol. The van der Waals surface area contributed by atoms with Crippen LogP contribution in [-0.2, 0) is 10.2 Å². The number of rotatable bonds is 5. The zero-order chi connectivity index (χ0) is 14.6. The molecule has 3 unspecified atom stereocenters. The molecular formula is C14H29N3O2S. The molecule has 1 saturated heterocycles. The first-order valence-corrected chi connectivity index (χ1v) is 9.41. The molecule has 3 N–H and O–H groups in total. The third-order valence-corrected chi connectivity index (χ3v) is 6.51. The Hall–Kier alpha value is -0.170. The highest BCUT2D eigenvalue weighted by molar-refractivity contribution is 7.87. The van der Waals surface area contributed by atoms with Crippen LogP contribution >= 0.6 is 0 Å². The molecule has 2 fully saturated rings. The molecular weight excluding hydrogens is 274 g/mol. The molecule has 2 rings (SSSR count). The molecule has 3 atom stereocenters. The first-order chi connectivity index (χ1) is 9.53. The Morgan fingerprint density at radius 3 is 2.65 bits per heavy atom. The molecule has 5 nitrogen and oxygen atoms in total. The molecule has 0 aromatic rings. The van der Waals surface area contributed by atoms with E-state index < -0.39 is 10.2 Å². The lowest BCUT2D eigenvalue weighted by atomic mass is 9.81. The second-order valence-corrected chi connectivity index (χ2v) is 8.23. The van der Waals surface area contributed by atoms with Gasteiger partial charge in [-0.2, -0.15) is 12.7 Å². The summed E-state index contributed by atoms with van der Waals surface area (Å²) in [5, 5.41) is 0. The van der Waals surface area contributed by atoms with Gasteiger partial charge in [-0.25, -0.2) is 4.72 Å². The SMILES string of the molecule is CC1CCCCC1CNS(=O)(=O)N1CCCC(CN)C1. The fourth-order valence-corrected chi connectivity index (χ4v) is 4.82. The van der Waals surface area contributed by atoms with E-state index in [1.807, 2.05) is 0 Å². The van der Waals surface area contributed by atoms with Crippen LogP contribution in [0.3, 0.4) is 0 Å². The molecule has 1 heterocycles. The molecule has 0 aromatic heterocycles. The molecule has 1 aliphatic carbocycles. The summed E-state index contributed by atoms with van der Waals surface area (Å²) in [5.41, 5.74) is 5.68. The lowest BCUT2D eigenvalue weighted by molar-refractivity contribution is 0.247. The fraction of sp³-hybridized carbons (Fsp3) is 1.00. The predicted molar refractivity (Wildman–Crippen MR) is 81.4 cm³/mol. The average Bonchev–Trinajstić information content (AvgIpc) is 2.46. The first-order valence-electron chi connectivity index (χ1n) is 7.97. The zero-order valence-electron chi connectivity index (χ0n) is 12.6. The Morgan fingerprint density at radius 2 is 1.95 bits per heavy atom. The Morgan fingerprint density at radius 1 is 1.20 bits per heavy atom. The minimum absolute atomic E-state index is 0.314. The van der Waals surface area contributed by atoms with Crippen molar-refractivity contribution < 1.29 is 8.42 Å². The Bertz CT molecular complexity index is 399. The molecule has 0 spiro atoms. The van der Waals surface area contributed by atoms with Gasteiger partial charge in [0.15, 0.2) is 0 Å². The lowest BCUT2D eigenvalue weighted by Gasteiger charge is -2.33. The zero-order valence-corrected chi connectivity index (χ0v) is 13.4. The highest BCUT2D eigenvalue weighted by Gasteiger charge is 2.29. The van der Waals surface area contributed by atoms with Crippen LogP contribution in [0.2, 0.25) is 0 Å². The highest BCUT2D eigenvalue weighted by atomic mass is 32.2. The minimum Gasteiger partial charge on any atom is -0.330 e. The van der Waals surface area contributed by atoms with Gasteiger partial charge in [0, 0.05) is 19.6 Å². The van der Waals surface area contributed by atoms with Gasteiger partial charge in [-0.15, -0.1) is 0 Å². The van der Waals surface area contributed by atoms with Gasteiger partial charge >= 0.3 is 0 Å². The van der Waals surface area contributed by atoms with E-state index in [0.29, 0.717) is 43.9 Å². The molecule has 118 valence electrons. The van der Waals surface area contributed by atoms with Crippen molar-refractivity contribution in [2.45, 2.75) is 45.4 Å². The van der Waals surface area contributed by atoms with Crippen LogP contribution < -0.4 is 10.5 Å². The molecule has 0 amide bonds. The first kappa shape index (κ1) is 16.2. The molecule has 6 heteroatoms. The van der Waals surface area contributed by atoms with Crippen LogP contribution in [-0.4, -0.2) is 38.9 Å². The van der Waals surface area contributed by atoms with Crippen molar-refractivity contribution in [1.82, 2.24) is 9.03 Å². The van der Waals surface area contributed by atoms with Crippen molar-refractivity contribution >= 4 is 10.2 Å². The van der Waals surface area contributed by atoms with Crippen LogP contribution in [0, 0.1) is 17.8 Å². The van der Waals surface area contributed by atoms with Crippen LogP contribution in [0.25, 0.3) is 0 Å². The van der Waals surface area contributed by atoms with Crippen LogP contribution in [0.1, 0.15) is 45.4 Å². The summed E-state index contributed by atoms with van der Waals surface area (Å²) in [6.07, 6.45) is 6.86. The number of hydrogen-bond acceptors (Lipinski definition) is 3. The standard InChI is InChI=1S/C14H29N3O2S/c1-12-5-2-3-7-14(12)10-16-20(18,19)17-8-4-6-13(9-15)11-17/h12-14,16H,2-11,15H2,1H3. The van der Waals surface area contributed by atoms with E-state index in [0.717, 1.165) is 19.3 Å². The molecule has 20 heavy (non-hydrogen) atoms. The molecule has 0 radical (unpaired) electrons. The normalized spacial score (nSPS) is 33.2. The van der Waals surface area contributed by atoms with Crippen LogP contribution in [0.5, 0.6) is 0 Å². The van der Waals surface area contributed by atoms with Crippen molar-refractivity contribution in [2.75, 3.05) is 26.2 Å². The maximum atomic E-state index is 12.4. The topological polar surface area (TPSA) is 75.4 Å². The third-order valence-electron chi connectivity index (χ3n) is 4.97. The van der Waals surface area contributed by atoms with E-state index in [4.69, 9.17) is 5.73 Å². The van der Waals surface area contributed by atoms with Gasteiger partial charge < -0.3 is 5.73 Å². The van der Waals surface area contributed by atoms with Gasteiger partial charge in [0.1, 0.15) is 0 Å². The van der Waals surface area contributed by atoms with E-state index in [1.165, 1.54) is 19.3 Å². The minimum atomic E-state index is -3.32. The molecule has 1 aliphatic heterocycles. The van der Waals surface area contributed by atoms with E-state index in [9.17, 15) is 8.42 Å². The summed E-state index contributed by atoms with van der Waals surface area (Å²) in [7, 11) is -3.32. The second kappa shape index (κ2) is 7.20. The van der Waals surface area contributed by atoms with E-state index in [-0.39, 0.29) is 0 Å². The molecule has 1 saturated carbocycles. The van der Waals surface area contributed by atoms with Gasteiger partial charge in [-0.05, 0) is 43.6 Å². The molecule has 0 bridgehead atoms. The van der Waals surface area contributed by atoms with Crippen molar-refractivity contribution in [3.63, 3.8) is 0 Å². The summed E-state index contributed by atoms with van der Waals surface area (Å²) in [6, 6.07) is 0. The Kier molecular flexibility index (Phi) is 5.84. The Balaban J connectivity index is 1.86. The number of hydrogen-bond donors (Lipinski definition) is 2. The highest BCUT2D eigenvalue weighted by Crippen LogP contribution is 2.29. The number of nitrogens with two attached hydrogens (primary N) is 1. The number of nitrogens with one attached hydrogen (secondary N) is 1. The summed E-state index contributed by atoms with van der Waals surface area (Å²) in [4.78, 5) is 0. The largest absolute Gasteiger partial charge is 0.330 e. The van der Waals surface area contributed by atoms with E-state index in [1.54, 1.807) is 4.31 Å². The lowest BCUT2D eigenvalue weighted by Crippen LogP contribution is -2.48. The summed E-state index contributed by atoms with van der Waals surface area (Å²) < 4.78 is 29.2. The van der Waals surface area contributed by atoms with Gasteiger partial charge in [0.25, 0.3) is 10.2 Å². The smallest absolute Gasteiger partial charge is 0.279 e. The summed E-state index contributed by atoms with van der Waals surface area (Å²) in [5.74, 6) is 1.44. The predicted octanol–water partition coefficient (Wildman–Crippen LogP) is 1.32. The maximum Gasteiger partial charge on any atom is 0.279 e. The Labute approximate surface area is 123 Å². The van der Waals surface area contributed by atoms with Gasteiger partial charge in [-0.3, -0.25) is 0 Å². The van der Waals surface area contributed by atoms with Crippen LogP contribution in [0.15, 0.2) is 0 Å². The molecule has 2 aliphatic rings.